The molecular formula is C16H20N2O5S. The number of carbonyl (C=O) groups excluding carboxylic acids is 2. The van der Waals surface area contributed by atoms with Crippen molar-refractivity contribution >= 4 is 21.9 Å². The van der Waals surface area contributed by atoms with Crippen molar-refractivity contribution in [1.29, 1.82) is 0 Å². The number of ether oxygens (including phenoxy) is 1. The number of piperidine rings is 1. The van der Waals surface area contributed by atoms with Crippen LogP contribution in [0.5, 0.6) is 0 Å². The number of esters is 1. The normalized spacial score (nSPS) is 24.8. The number of nitrogens with zero attached hydrogens (tertiary/aromatic N) is 1. The molecule has 2 heterocycles. The van der Waals surface area contributed by atoms with Crippen molar-refractivity contribution in [2.75, 3.05) is 19.3 Å². The number of carbonyl (C=O) groups is 2. The Morgan fingerprint density at radius 3 is 2.83 bits per heavy atom. The highest BCUT2D eigenvalue weighted by Gasteiger charge is 2.33. The highest BCUT2D eigenvalue weighted by molar-refractivity contribution is 7.88. The number of fused-ring (bicyclic) bond motifs is 1. The van der Waals surface area contributed by atoms with Crippen LogP contribution in [0.2, 0.25) is 0 Å². The molecule has 24 heavy (non-hydrogen) atoms. The Labute approximate surface area is 141 Å². The van der Waals surface area contributed by atoms with Gasteiger partial charge in [-0.15, -0.1) is 0 Å². The average molecular weight is 352 g/mol. The second-order valence-electron chi connectivity index (χ2n) is 6.22. The maximum absolute atomic E-state index is 12.4. The molecule has 0 saturated carbocycles. The van der Waals surface area contributed by atoms with Crippen LogP contribution >= 0.6 is 0 Å². The van der Waals surface area contributed by atoms with Crippen LogP contribution in [0.1, 0.15) is 28.8 Å². The minimum absolute atomic E-state index is 0.252. The predicted octanol–water partition coefficient (Wildman–Crippen LogP) is 0.308. The summed E-state index contributed by atoms with van der Waals surface area (Å²) in [5.41, 5.74) is 1.28. The highest BCUT2D eigenvalue weighted by Crippen LogP contribution is 2.21. The number of hydrogen-bond acceptors (Lipinski definition) is 5. The molecule has 0 unspecified atom stereocenters. The van der Waals surface area contributed by atoms with Crippen LogP contribution in [0.3, 0.4) is 0 Å². The third-order valence-electron chi connectivity index (χ3n) is 4.38. The molecule has 130 valence electrons. The standard InChI is InChI=1S/C16H20N2O5S/c1-24(21,22)18-8-4-6-12(10-18)17-15(19)14-9-11-5-2-3-7-13(11)16(20)23-14/h2-3,5,7,12,14H,4,6,8-10H2,1H3,(H,17,19)/t12-,14-/m0/s1. The van der Waals surface area contributed by atoms with Gasteiger partial charge in [0.05, 0.1) is 11.8 Å². The highest BCUT2D eigenvalue weighted by atomic mass is 32.2. The summed E-state index contributed by atoms with van der Waals surface area (Å²) in [6.45, 7) is 0.721. The smallest absolute Gasteiger partial charge is 0.339 e. The van der Waals surface area contributed by atoms with Crippen LogP contribution in [0, 0.1) is 0 Å². The van der Waals surface area contributed by atoms with Crippen molar-refractivity contribution in [3.63, 3.8) is 0 Å². The van der Waals surface area contributed by atoms with Crippen molar-refractivity contribution < 1.29 is 22.7 Å². The topological polar surface area (TPSA) is 92.8 Å². The Bertz CT molecular complexity index is 761. The van der Waals surface area contributed by atoms with Gasteiger partial charge in [0.2, 0.25) is 10.0 Å². The summed E-state index contributed by atoms with van der Waals surface area (Å²) >= 11 is 0. The third kappa shape index (κ3) is 3.59. The molecule has 1 N–H and O–H groups in total. The summed E-state index contributed by atoms with van der Waals surface area (Å²) in [6.07, 6.45) is 2.01. The largest absolute Gasteiger partial charge is 0.448 e. The van der Waals surface area contributed by atoms with Gasteiger partial charge in [-0.25, -0.2) is 17.5 Å². The average Bonchev–Trinajstić information content (AvgIpc) is 2.54. The van der Waals surface area contributed by atoms with E-state index in [9.17, 15) is 18.0 Å². The van der Waals surface area contributed by atoms with Crippen LogP contribution in [0.15, 0.2) is 24.3 Å². The number of benzene rings is 1. The molecule has 1 aromatic carbocycles. The van der Waals surface area contributed by atoms with E-state index >= 15 is 0 Å². The van der Waals surface area contributed by atoms with Crippen LogP contribution in [0.4, 0.5) is 0 Å². The Balaban J connectivity index is 1.65. The molecule has 1 fully saturated rings. The van der Waals surface area contributed by atoms with E-state index in [1.54, 1.807) is 12.1 Å². The Hall–Kier alpha value is -1.93. The number of cyclic esters (lactones) is 1. The van der Waals surface area contributed by atoms with Gasteiger partial charge in [0.1, 0.15) is 0 Å². The number of rotatable bonds is 3. The van der Waals surface area contributed by atoms with Gasteiger partial charge in [-0.2, -0.15) is 0 Å². The van der Waals surface area contributed by atoms with E-state index in [1.807, 2.05) is 12.1 Å². The SMILES string of the molecule is CS(=O)(=O)N1CCC[C@H](NC(=O)[C@@H]2Cc3ccccc3C(=O)O2)C1. The summed E-state index contributed by atoms with van der Waals surface area (Å²) < 4.78 is 29.9. The van der Waals surface area contributed by atoms with Crippen molar-refractivity contribution in [2.45, 2.75) is 31.4 Å². The second-order valence-corrected chi connectivity index (χ2v) is 8.21. The van der Waals surface area contributed by atoms with Gasteiger partial charge in [0, 0.05) is 25.6 Å². The quantitative estimate of drug-likeness (QED) is 0.790. The number of sulfonamides is 1. The van der Waals surface area contributed by atoms with Gasteiger partial charge < -0.3 is 10.1 Å². The molecule has 1 saturated heterocycles. The lowest BCUT2D eigenvalue weighted by Crippen LogP contribution is -2.52. The second kappa shape index (κ2) is 6.52. The van der Waals surface area contributed by atoms with Crippen LogP contribution < -0.4 is 5.32 Å². The molecule has 8 heteroatoms. The minimum Gasteiger partial charge on any atom is -0.448 e. The minimum atomic E-state index is -3.27. The fourth-order valence-corrected chi connectivity index (χ4v) is 4.04. The van der Waals surface area contributed by atoms with Crippen LogP contribution in [-0.2, 0) is 26.0 Å². The Morgan fingerprint density at radius 1 is 1.33 bits per heavy atom. The Kier molecular flexibility index (Phi) is 4.60. The molecule has 0 aromatic heterocycles. The van der Waals surface area contributed by atoms with Crippen LogP contribution in [-0.4, -0.2) is 56.1 Å². The van der Waals surface area contributed by atoms with Crippen molar-refractivity contribution in [2.24, 2.45) is 0 Å². The molecule has 2 aliphatic rings. The molecule has 2 atom stereocenters. The lowest BCUT2D eigenvalue weighted by molar-refractivity contribution is -0.131. The molecule has 0 aliphatic carbocycles. The van der Waals surface area contributed by atoms with Gasteiger partial charge in [0.25, 0.3) is 5.91 Å². The molecule has 7 nitrogen and oxygen atoms in total. The molecule has 3 rings (SSSR count). The van der Waals surface area contributed by atoms with Gasteiger partial charge in [-0.3, -0.25) is 4.79 Å². The third-order valence-corrected chi connectivity index (χ3v) is 5.65. The van der Waals surface area contributed by atoms with E-state index < -0.39 is 22.1 Å². The first-order valence-electron chi connectivity index (χ1n) is 7.89. The van der Waals surface area contributed by atoms with E-state index in [0.29, 0.717) is 31.4 Å². The van der Waals surface area contributed by atoms with Gasteiger partial charge in [-0.05, 0) is 24.5 Å². The first-order valence-corrected chi connectivity index (χ1v) is 9.74. The molecule has 1 aromatic rings. The Morgan fingerprint density at radius 2 is 2.08 bits per heavy atom. The van der Waals surface area contributed by atoms with E-state index in [-0.39, 0.29) is 18.5 Å². The molecule has 0 spiro atoms. The maximum Gasteiger partial charge on any atom is 0.339 e. The zero-order valence-corrected chi connectivity index (χ0v) is 14.2. The van der Waals surface area contributed by atoms with Gasteiger partial charge in [0.15, 0.2) is 6.10 Å². The number of nitrogens with one attached hydrogen (secondary N) is 1. The van der Waals surface area contributed by atoms with E-state index in [4.69, 9.17) is 4.74 Å². The van der Waals surface area contributed by atoms with Gasteiger partial charge in [-0.1, -0.05) is 18.2 Å². The van der Waals surface area contributed by atoms with E-state index in [2.05, 4.69) is 5.32 Å². The molecule has 0 radical (unpaired) electrons. The summed E-state index contributed by atoms with van der Waals surface area (Å²) in [6, 6.07) is 6.79. The monoisotopic (exact) mass is 352 g/mol. The van der Waals surface area contributed by atoms with E-state index in [0.717, 1.165) is 11.8 Å². The van der Waals surface area contributed by atoms with Crippen molar-refractivity contribution in [3.8, 4) is 0 Å². The predicted molar refractivity (Wildman–Crippen MR) is 86.9 cm³/mol. The summed E-state index contributed by atoms with van der Waals surface area (Å²) in [7, 11) is -3.27. The first kappa shape index (κ1) is 16.9. The lowest BCUT2D eigenvalue weighted by atomic mass is 9.98. The first-order chi connectivity index (χ1) is 11.3. The van der Waals surface area contributed by atoms with Gasteiger partial charge >= 0.3 is 5.97 Å². The van der Waals surface area contributed by atoms with E-state index in [1.165, 1.54) is 4.31 Å². The maximum atomic E-state index is 12.4. The van der Waals surface area contributed by atoms with Crippen LogP contribution in [0.25, 0.3) is 0 Å². The number of amides is 1. The molecule has 1 amide bonds. The molecule has 0 bridgehead atoms. The zero-order valence-electron chi connectivity index (χ0n) is 13.4. The lowest BCUT2D eigenvalue weighted by Gasteiger charge is -2.32. The number of hydrogen-bond donors (Lipinski definition) is 1. The zero-order chi connectivity index (χ0) is 17.3. The van der Waals surface area contributed by atoms with Crippen molar-refractivity contribution in [3.05, 3.63) is 35.4 Å². The molecule has 2 aliphatic heterocycles. The summed E-state index contributed by atoms with van der Waals surface area (Å²) in [5.74, 6) is -0.878. The summed E-state index contributed by atoms with van der Waals surface area (Å²) in [5, 5.41) is 2.82. The van der Waals surface area contributed by atoms with Crippen molar-refractivity contribution in [1.82, 2.24) is 9.62 Å². The fraction of sp³-hybridized carbons (Fsp3) is 0.500. The fourth-order valence-electron chi connectivity index (χ4n) is 3.13. The summed E-state index contributed by atoms with van der Waals surface area (Å²) in [4.78, 5) is 24.4. The molecular weight excluding hydrogens is 332 g/mol.